The number of hydrogen-bond donors (Lipinski definition) is 2. The summed E-state index contributed by atoms with van der Waals surface area (Å²) in [5.41, 5.74) is 3.26. The quantitative estimate of drug-likeness (QED) is 0.627. The Morgan fingerprint density at radius 1 is 1.09 bits per heavy atom. The molecule has 4 fully saturated rings. The first-order chi connectivity index (χ1) is 17.1. The van der Waals surface area contributed by atoms with Crippen molar-refractivity contribution >= 4 is 6.03 Å². The number of fused-ring (bicyclic) bond motifs is 3. The van der Waals surface area contributed by atoms with Crippen molar-refractivity contribution in [1.29, 1.82) is 0 Å². The number of nitrogens with zero attached hydrogens (tertiary/aromatic N) is 3. The zero-order chi connectivity index (χ0) is 24.4. The van der Waals surface area contributed by atoms with Gasteiger partial charge in [-0.1, -0.05) is 19.3 Å². The average molecular weight is 482 g/mol. The minimum Gasteiger partial charge on any atom is -0.493 e. The van der Waals surface area contributed by atoms with Crippen LogP contribution in [0.5, 0.6) is 11.5 Å². The Morgan fingerprint density at radius 3 is 2.60 bits per heavy atom. The Bertz CT molecular complexity index is 1030. The van der Waals surface area contributed by atoms with E-state index in [9.17, 15) is 4.79 Å². The van der Waals surface area contributed by atoms with Gasteiger partial charge in [-0.25, -0.2) is 4.79 Å². The molecule has 0 radical (unpaired) electrons. The van der Waals surface area contributed by atoms with Crippen LogP contribution in [0.15, 0.2) is 24.3 Å². The number of rotatable bonds is 7. The summed E-state index contributed by atoms with van der Waals surface area (Å²) in [4.78, 5) is 15.0. The SMILES string of the molecule is COc1ccc(-c2cc([C@@H]3CN4CC[C@H]3C[C@@H]4CNC(=O)NC3CCCCC3)n(C)n2)cc1OC. The minimum absolute atomic E-state index is 0.00212. The van der Waals surface area contributed by atoms with Crippen molar-refractivity contribution in [3.63, 3.8) is 0 Å². The fraction of sp³-hybridized carbons (Fsp3) is 0.630. The van der Waals surface area contributed by atoms with Gasteiger partial charge in [0.15, 0.2) is 11.5 Å². The summed E-state index contributed by atoms with van der Waals surface area (Å²) in [7, 11) is 5.35. The summed E-state index contributed by atoms with van der Waals surface area (Å²) in [6.07, 6.45) is 8.30. The van der Waals surface area contributed by atoms with Crippen LogP contribution in [-0.2, 0) is 7.05 Å². The predicted octanol–water partition coefficient (Wildman–Crippen LogP) is 3.91. The molecule has 2 N–H and O–H groups in total. The third-order valence-corrected chi connectivity index (χ3v) is 8.29. The number of piperidine rings is 3. The van der Waals surface area contributed by atoms with E-state index in [4.69, 9.17) is 14.6 Å². The Labute approximate surface area is 208 Å². The van der Waals surface area contributed by atoms with Gasteiger partial charge in [0, 0.05) is 49.4 Å². The van der Waals surface area contributed by atoms with Crippen molar-refractivity contribution in [3.05, 3.63) is 30.0 Å². The molecule has 190 valence electrons. The Morgan fingerprint density at radius 2 is 1.89 bits per heavy atom. The molecular formula is C27H39N5O3. The van der Waals surface area contributed by atoms with Crippen molar-refractivity contribution in [2.45, 2.75) is 62.9 Å². The van der Waals surface area contributed by atoms with E-state index in [0.717, 1.165) is 55.9 Å². The number of ether oxygens (including phenoxy) is 2. The molecule has 8 heteroatoms. The normalized spacial score (nSPS) is 26.4. The third-order valence-electron chi connectivity index (χ3n) is 8.29. The van der Waals surface area contributed by atoms with Crippen molar-refractivity contribution in [3.8, 4) is 22.8 Å². The minimum atomic E-state index is 0.00212. The van der Waals surface area contributed by atoms with Crippen molar-refractivity contribution < 1.29 is 14.3 Å². The van der Waals surface area contributed by atoms with Crippen LogP contribution in [0.1, 0.15) is 56.6 Å². The fourth-order valence-electron chi connectivity index (χ4n) is 6.34. The molecule has 1 aliphatic carbocycles. The molecule has 2 amide bonds. The molecule has 4 heterocycles. The molecule has 1 aromatic heterocycles. The molecule has 2 bridgehead atoms. The van der Waals surface area contributed by atoms with Crippen LogP contribution in [0.4, 0.5) is 4.79 Å². The molecule has 6 rings (SSSR count). The van der Waals surface area contributed by atoms with Gasteiger partial charge in [0.25, 0.3) is 0 Å². The zero-order valence-electron chi connectivity index (χ0n) is 21.3. The number of carbonyl (C=O) groups is 1. The number of nitrogens with one attached hydrogen (secondary N) is 2. The second-order valence-electron chi connectivity index (χ2n) is 10.4. The molecule has 3 aliphatic heterocycles. The summed E-state index contributed by atoms with van der Waals surface area (Å²) >= 11 is 0. The summed E-state index contributed by atoms with van der Waals surface area (Å²) < 4.78 is 12.9. The van der Waals surface area contributed by atoms with Crippen LogP contribution in [0.25, 0.3) is 11.3 Å². The molecule has 1 unspecified atom stereocenters. The molecule has 3 saturated heterocycles. The van der Waals surface area contributed by atoms with Gasteiger partial charge in [-0.3, -0.25) is 9.58 Å². The van der Waals surface area contributed by atoms with Gasteiger partial charge < -0.3 is 20.1 Å². The number of benzene rings is 1. The number of carbonyl (C=O) groups excluding carboxylic acids is 1. The number of urea groups is 1. The molecule has 2 aromatic rings. The highest BCUT2D eigenvalue weighted by Crippen LogP contribution is 2.42. The number of hydrogen-bond acceptors (Lipinski definition) is 5. The van der Waals surface area contributed by atoms with Gasteiger partial charge >= 0.3 is 6.03 Å². The van der Waals surface area contributed by atoms with Crippen LogP contribution in [-0.4, -0.2) is 66.6 Å². The van der Waals surface area contributed by atoms with Crippen LogP contribution in [0.3, 0.4) is 0 Å². The zero-order valence-corrected chi connectivity index (χ0v) is 21.3. The third kappa shape index (κ3) is 5.13. The van der Waals surface area contributed by atoms with E-state index < -0.39 is 0 Å². The molecule has 1 saturated carbocycles. The van der Waals surface area contributed by atoms with E-state index in [0.29, 0.717) is 29.7 Å². The fourth-order valence-corrected chi connectivity index (χ4v) is 6.34. The van der Waals surface area contributed by atoms with Gasteiger partial charge in [0.2, 0.25) is 0 Å². The second-order valence-corrected chi connectivity index (χ2v) is 10.4. The number of amides is 2. The van der Waals surface area contributed by atoms with Gasteiger partial charge in [0.05, 0.1) is 19.9 Å². The summed E-state index contributed by atoms with van der Waals surface area (Å²) in [6, 6.07) is 8.95. The maximum atomic E-state index is 12.4. The second kappa shape index (κ2) is 10.5. The lowest BCUT2D eigenvalue weighted by molar-refractivity contribution is 0.0294. The highest BCUT2D eigenvalue weighted by Gasteiger charge is 2.42. The van der Waals surface area contributed by atoms with Crippen LogP contribution < -0.4 is 20.1 Å². The first kappa shape index (κ1) is 24.0. The summed E-state index contributed by atoms with van der Waals surface area (Å²) in [6.45, 7) is 2.86. The predicted molar refractivity (Wildman–Crippen MR) is 136 cm³/mol. The van der Waals surface area contributed by atoms with E-state index >= 15 is 0 Å². The van der Waals surface area contributed by atoms with E-state index in [-0.39, 0.29) is 6.03 Å². The summed E-state index contributed by atoms with van der Waals surface area (Å²) in [5, 5.41) is 11.2. The van der Waals surface area contributed by atoms with Gasteiger partial charge in [0.1, 0.15) is 0 Å². The molecule has 8 nitrogen and oxygen atoms in total. The van der Waals surface area contributed by atoms with E-state index in [1.807, 2.05) is 29.9 Å². The maximum absolute atomic E-state index is 12.4. The Kier molecular flexibility index (Phi) is 7.18. The molecule has 35 heavy (non-hydrogen) atoms. The smallest absolute Gasteiger partial charge is 0.315 e. The topological polar surface area (TPSA) is 80.7 Å². The molecular weight excluding hydrogens is 442 g/mol. The van der Waals surface area contributed by atoms with Crippen LogP contribution in [0.2, 0.25) is 0 Å². The monoisotopic (exact) mass is 481 g/mol. The van der Waals surface area contributed by atoms with E-state index in [2.05, 4.69) is 21.6 Å². The standard InChI is InChI=1S/C27H39N5O3/c1-31-24(15-23(30-31)19-9-10-25(34-2)26(14-19)35-3)22-17-32-12-11-18(22)13-21(32)16-28-27(33)29-20-7-5-4-6-8-20/h9-10,14-15,18,20-22H,4-8,11-13,16-17H2,1-3H3,(H2,28,29,33)/t18-,21+,22+/m0/s1. The first-order valence-electron chi connectivity index (χ1n) is 13.1. The van der Waals surface area contributed by atoms with Gasteiger partial charge in [-0.05, 0) is 62.4 Å². The molecule has 4 aliphatic rings. The van der Waals surface area contributed by atoms with Crippen molar-refractivity contribution in [2.75, 3.05) is 33.9 Å². The van der Waals surface area contributed by atoms with Crippen molar-refractivity contribution in [2.24, 2.45) is 13.0 Å². The lowest BCUT2D eigenvalue weighted by Gasteiger charge is -2.50. The van der Waals surface area contributed by atoms with Crippen molar-refractivity contribution in [1.82, 2.24) is 25.3 Å². The summed E-state index contributed by atoms with van der Waals surface area (Å²) in [5.74, 6) is 2.50. The number of methoxy groups -OCH3 is 2. The molecule has 1 aromatic carbocycles. The average Bonchev–Trinajstić information content (AvgIpc) is 3.29. The molecule has 4 atom stereocenters. The van der Waals surface area contributed by atoms with E-state index in [1.165, 1.54) is 31.4 Å². The Hall–Kier alpha value is -2.74. The number of aromatic nitrogens is 2. The lowest BCUT2D eigenvalue weighted by Crippen LogP contribution is -2.57. The highest BCUT2D eigenvalue weighted by molar-refractivity contribution is 5.74. The van der Waals surface area contributed by atoms with Gasteiger partial charge in [-0.2, -0.15) is 5.10 Å². The highest BCUT2D eigenvalue weighted by atomic mass is 16.5. The molecule has 0 spiro atoms. The lowest BCUT2D eigenvalue weighted by atomic mass is 9.74. The van der Waals surface area contributed by atoms with E-state index in [1.54, 1.807) is 14.2 Å². The van der Waals surface area contributed by atoms with Gasteiger partial charge in [-0.15, -0.1) is 0 Å². The number of aryl methyl sites for hydroxylation is 1. The maximum Gasteiger partial charge on any atom is 0.315 e. The Balaban J connectivity index is 1.21. The van der Waals surface area contributed by atoms with Crippen LogP contribution >= 0.6 is 0 Å². The largest absolute Gasteiger partial charge is 0.493 e. The first-order valence-corrected chi connectivity index (χ1v) is 13.1. The van der Waals surface area contributed by atoms with Crippen LogP contribution in [0, 0.1) is 5.92 Å².